The second kappa shape index (κ2) is 5.48. The summed E-state index contributed by atoms with van der Waals surface area (Å²) in [7, 11) is 0. The topological polar surface area (TPSA) is 17.1 Å². The molecule has 1 nitrogen and oxygen atoms in total. The first kappa shape index (κ1) is 14.0. The van der Waals surface area contributed by atoms with Gasteiger partial charge in [0, 0.05) is 11.5 Å². The largest absolute Gasteiger partial charge is 0.294 e. The molecule has 0 saturated carbocycles. The van der Waals surface area contributed by atoms with E-state index in [1.54, 1.807) is 0 Å². The molecule has 0 heterocycles. The van der Waals surface area contributed by atoms with Crippen LogP contribution in [0, 0.1) is 5.92 Å². The summed E-state index contributed by atoms with van der Waals surface area (Å²) in [6.07, 6.45) is 0. The zero-order chi connectivity index (χ0) is 13.2. The first-order chi connectivity index (χ1) is 7.82. The molecule has 1 rings (SSSR count). The fraction of sp³-hybridized carbons (Fsp3) is 0.562. The Balaban J connectivity index is 3.26. The van der Waals surface area contributed by atoms with Crippen LogP contribution >= 0.6 is 0 Å². The molecule has 17 heavy (non-hydrogen) atoms. The normalized spacial score (nSPS) is 11.6. The first-order valence-electron chi connectivity index (χ1n) is 6.52. The fourth-order valence-electron chi connectivity index (χ4n) is 1.82. The number of hydrogen-bond acceptors (Lipinski definition) is 1. The lowest BCUT2D eigenvalue weighted by molar-refractivity contribution is 0.0939. The van der Waals surface area contributed by atoms with Gasteiger partial charge in [0.15, 0.2) is 5.78 Å². The van der Waals surface area contributed by atoms with Crippen LogP contribution in [-0.4, -0.2) is 5.78 Å². The van der Waals surface area contributed by atoms with Crippen molar-refractivity contribution in [1.29, 1.82) is 0 Å². The molecule has 0 saturated heterocycles. The monoisotopic (exact) mass is 232 g/mol. The molecular weight excluding hydrogens is 208 g/mol. The maximum Gasteiger partial charge on any atom is 0.165 e. The van der Waals surface area contributed by atoms with Gasteiger partial charge < -0.3 is 0 Å². The third-order valence-corrected chi connectivity index (χ3v) is 3.12. The molecule has 1 aromatic carbocycles. The van der Waals surface area contributed by atoms with E-state index in [2.05, 4.69) is 45.9 Å². The van der Waals surface area contributed by atoms with Crippen molar-refractivity contribution in [1.82, 2.24) is 0 Å². The van der Waals surface area contributed by atoms with Gasteiger partial charge in [0.25, 0.3) is 0 Å². The van der Waals surface area contributed by atoms with E-state index in [9.17, 15) is 4.79 Å². The van der Waals surface area contributed by atoms with Crippen LogP contribution < -0.4 is 0 Å². The maximum atomic E-state index is 12.1. The van der Waals surface area contributed by atoms with Crippen molar-refractivity contribution in [2.24, 2.45) is 5.92 Å². The van der Waals surface area contributed by atoms with Crippen LogP contribution in [0.15, 0.2) is 18.2 Å². The number of carbonyl (C=O) groups is 1. The Kier molecular flexibility index (Phi) is 4.50. The zero-order valence-electron chi connectivity index (χ0n) is 11.9. The highest BCUT2D eigenvalue weighted by Gasteiger charge is 2.14. The molecular formula is C16H24O. The smallest absolute Gasteiger partial charge is 0.165 e. The van der Waals surface area contributed by atoms with Gasteiger partial charge in [0.05, 0.1) is 0 Å². The number of benzene rings is 1. The first-order valence-corrected chi connectivity index (χ1v) is 6.52. The number of hydrogen-bond donors (Lipinski definition) is 0. The zero-order valence-corrected chi connectivity index (χ0v) is 11.9. The molecule has 0 N–H and O–H groups in total. The van der Waals surface area contributed by atoms with Gasteiger partial charge in [-0.3, -0.25) is 4.79 Å². The lowest BCUT2D eigenvalue weighted by Gasteiger charge is -2.14. The van der Waals surface area contributed by atoms with E-state index in [0.29, 0.717) is 11.8 Å². The maximum absolute atomic E-state index is 12.1. The molecule has 0 spiro atoms. The highest BCUT2D eigenvalue weighted by atomic mass is 16.1. The molecule has 0 unspecified atom stereocenters. The van der Waals surface area contributed by atoms with E-state index in [-0.39, 0.29) is 11.7 Å². The van der Waals surface area contributed by atoms with Gasteiger partial charge in [0.2, 0.25) is 0 Å². The van der Waals surface area contributed by atoms with Crippen molar-refractivity contribution in [3.63, 3.8) is 0 Å². The molecule has 0 aliphatic carbocycles. The number of Topliss-reactive ketones (excluding diaryl/α,β-unsaturated/α-hetero) is 1. The Bertz CT molecular complexity index is 374. The molecule has 1 aromatic rings. The third kappa shape index (κ3) is 3.42. The van der Waals surface area contributed by atoms with Crippen LogP contribution in [0.2, 0.25) is 0 Å². The van der Waals surface area contributed by atoms with E-state index >= 15 is 0 Å². The van der Waals surface area contributed by atoms with Gasteiger partial charge in [-0.25, -0.2) is 0 Å². The molecule has 94 valence electrons. The summed E-state index contributed by atoms with van der Waals surface area (Å²) < 4.78 is 0. The molecule has 0 aliphatic heterocycles. The van der Waals surface area contributed by atoms with Gasteiger partial charge in [-0.1, -0.05) is 47.6 Å². The minimum atomic E-state index is 0.0671. The average Bonchev–Trinajstić information content (AvgIpc) is 2.27. The predicted octanol–water partition coefficient (Wildman–Crippen LogP) is 4.77. The summed E-state index contributed by atoms with van der Waals surface area (Å²) >= 11 is 0. The van der Waals surface area contributed by atoms with Crippen LogP contribution in [-0.2, 0) is 0 Å². The Hall–Kier alpha value is -1.11. The Morgan fingerprint density at radius 3 is 1.53 bits per heavy atom. The number of carbonyl (C=O) groups excluding carboxylic acids is 1. The lowest BCUT2D eigenvalue weighted by Crippen LogP contribution is -2.09. The van der Waals surface area contributed by atoms with Crippen molar-refractivity contribution in [2.75, 3.05) is 0 Å². The number of rotatable bonds is 4. The van der Waals surface area contributed by atoms with Crippen LogP contribution in [0.1, 0.15) is 74.9 Å². The lowest BCUT2D eigenvalue weighted by atomic mass is 9.90. The minimum absolute atomic E-state index is 0.0671. The molecule has 0 amide bonds. The molecule has 0 aromatic heterocycles. The number of ketones is 1. The van der Waals surface area contributed by atoms with Crippen molar-refractivity contribution in [3.8, 4) is 0 Å². The van der Waals surface area contributed by atoms with Crippen molar-refractivity contribution in [3.05, 3.63) is 34.9 Å². The van der Waals surface area contributed by atoms with Crippen LogP contribution in [0.4, 0.5) is 0 Å². The van der Waals surface area contributed by atoms with Crippen LogP contribution in [0.25, 0.3) is 0 Å². The van der Waals surface area contributed by atoms with E-state index in [4.69, 9.17) is 0 Å². The Morgan fingerprint density at radius 1 is 0.824 bits per heavy atom. The SMILES string of the molecule is CC(C)C(=O)c1cc(C(C)C)cc(C(C)C)c1. The second-order valence-corrected chi connectivity index (χ2v) is 5.72. The summed E-state index contributed by atoms with van der Waals surface area (Å²) in [6, 6.07) is 6.34. The average molecular weight is 232 g/mol. The van der Waals surface area contributed by atoms with Crippen molar-refractivity contribution < 1.29 is 4.79 Å². The molecule has 0 aliphatic rings. The summed E-state index contributed by atoms with van der Waals surface area (Å²) in [5.74, 6) is 1.24. The highest BCUT2D eigenvalue weighted by molar-refractivity contribution is 5.97. The molecule has 0 radical (unpaired) electrons. The minimum Gasteiger partial charge on any atom is -0.294 e. The van der Waals surface area contributed by atoms with E-state index in [1.807, 2.05) is 13.8 Å². The molecule has 1 heteroatoms. The van der Waals surface area contributed by atoms with Crippen molar-refractivity contribution in [2.45, 2.75) is 53.4 Å². The molecule has 0 atom stereocenters. The van der Waals surface area contributed by atoms with E-state index in [1.165, 1.54) is 11.1 Å². The standard InChI is InChI=1S/C16H24O/c1-10(2)13-7-14(11(3)4)9-15(8-13)16(17)12(5)6/h7-12H,1-6H3. The quantitative estimate of drug-likeness (QED) is 0.683. The summed E-state index contributed by atoms with van der Waals surface area (Å²) in [5.41, 5.74) is 3.40. The summed E-state index contributed by atoms with van der Waals surface area (Å²) in [5, 5.41) is 0. The van der Waals surface area contributed by atoms with Crippen molar-refractivity contribution >= 4 is 5.78 Å². The molecule has 0 fully saturated rings. The van der Waals surface area contributed by atoms with Gasteiger partial charge in [-0.05, 0) is 35.1 Å². The van der Waals surface area contributed by atoms with Gasteiger partial charge in [0.1, 0.15) is 0 Å². The van der Waals surface area contributed by atoms with Gasteiger partial charge in [-0.15, -0.1) is 0 Å². The Morgan fingerprint density at radius 2 is 1.24 bits per heavy atom. The van der Waals surface area contributed by atoms with Crippen LogP contribution in [0.3, 0.4) is 0 Å². The highest BCUT2D eigenvalue weighted by Crippen LogP contribution is 2.24. The third-order valence-electron chi connectivity index (χ3n) is 3.12. The molecule has 0 bridgehead atoms. The van der Waals surface area contributed by atoms with E-state index in [0.717, 1.165) is 5.56 Å². The second-order valence-electron chi connectivity index (χ2n) is 5.72. The predicted molar refractivity (Wildman–Crippen MR) is 73.8 cm³/mol. The fourth-order valence-corrected chi connectivity index (χ4v) is 1.82. The van der Waals surface area contributed by atoms with Crippen LogP contribution in [0.5, 0.6) is 0 Å². The van der Waals surface area contributed by atoms with Gasteiger partial charge >= 0.3 is 0 Å². The Labute approximate surface area is 105 Å². The summed E-state index contributed by atoms with van der Waals surface area (Å²) in [6.45, 7) is 12.6. The summed E-state index contributed by atoms with van der Waals surface area (Å²) in [4.78, 5) is 12.1. The van der Waals surface area contributed by atoms with E-state index < -0.39 is 0 Å². The van der Waals surface area contributed by atoms with Gasteiger partial charge in [-0.2, -0.15) is 0 Å².